The van der Waals surface area contributed by atoms with Gasteiger partial charge in [0.25, 0.3) is 5.91 Å². The van der Waals surface area contributed by atoms with Crippen LogP contribution < -0.4 is 9.47 Å². The van der Waals surface area contributed by atoms with Crippen LogP contribution in [0.2, 0.25) is 0 Å². The molecule has 0 radical (unpaired) electrons. The van der Waals surface area contributed by atoms with E-state index in [4.69, 9.17) is 14.9 Å². The van der Waals surface area contributed by atoms with Gasteiger partial charge in [0.15, 0.2) is 17.3 Å². The lowest BCUT2D eigenvalue weighted by atomic mass is 10.1. The third kappa shape index (κ3) is 4.98. The molecule has 0 fully saturated rings. The van der Waals surface area contributed by atoms with E-state index < -0.39 is 5.91 Å². The van der Waals surface area contributed by atoms with E-state index >= 15 is 0 Å². The molecule has 1 N–H and O–H groups in total. The van der Waals surface area contributed by atoms with E-state index in [0.717, 1.165) is 21.2 Å². The molecule has 9 heteroatoms. The standard InChI is InChI=1S/C27H21BrN4O3S/c1-16-3-8-19(9-4-16)26-31-32-24(29)21(25(33)30-27(32)36-26)13-18-7-12-22(23(14-18)34-2)35-15-17-5-10-20(28)11-6-17/h3-14,29H,15H2,1-2H3/b21-13-,29-24?. The van der Waals surface area contributed by atoms with Gasteiger partial charge in [-0.2, -0.15) is 15.1 Å². The molecule has 0 spiro atoms. The van der Waals surface area contributed by atoms with Crippen molar-refractivity contribution in [2.45, 2.75) is 13.5 Å². The summed E-state index contributed by atoms with van der Waals surface area (Å²) in [5.74, 6) is 0.607. The molecule has 2 aliphatic rings. The summed E-state index contributed by atoms with van der Waals surface area (Å²) in [6.45, 7) is 2.40. The maximum Gasteiger partial charge on any atom is 0.283 e. The normalized spacial score (nSPS) is 16.1. The molecule has 180 valence electrons. The molecule has 0 saturated heterocycles. The SMILES string of the molecule is COc1cc(/C=C2/C(=N)N3N=C(c4ccc(C)cc4)SC3=NC2=O)ccc1OCc1ccc(Br)cc1. The van der Waals surface area contributed by atoms with Crippen LogP contribution in [0.3, 0.4) is 0 Å². The number of hydrazone groups is 1. The van der Waals surface area contributed by atoms with Crippen molar-refractivity contribution in [2.75, 3.05) is 7.11 Å². The van der Waals surface area contributed by atoms with E-state index in [-0.39, 0.29) is 11.4 Å². The number of carbonyl (C=O) groups is 1. The van der Waals surface area contributed by atoms with E-state index in [1.54, 1.807) is 25.3 Å². The van der Waals surface area contributed by atoms with Crippen molar-refractivity contribution in [1.29, 1.82) is 5.41 Å². The van der Waals surface area contributed by atoms with E-state index in [9.17, 15) is 4.79 Å². The minimum Gasteiger partial charge on any atom is -0.493 e. The number of aryl methyl sites for hydroxylation is 1. The smallest absolute Gasteiger partial charge is 0.283 e. The quantitative estimate of drug-likeness (QED) is 0.373. The molecule has 1 amide bonds. The summed E-state index contributed by atoms with van der Waals surface area (Å²) >= 11 is 4.71. The second kappa shape index (κ2) is 10.1. The van der Waals surface area contributed by atoms with Gasteiger partial charge in [0, 0.05) is 10.0 Å². The highest BCUT2D eigenvalue weighted by Crippen LogP contribution is 2.33. The molecule has 2 aliphatic heterocycles. The van der Waals surface area contributed by atoms with Gasteiger partial charge in [-0.05, 0) is 60.2 Å². The molecule has 0 aromatic heterocycles. The van der Waals surface area contributed by atoms with Gasteiger partial charge in [-0.3, -0.25) is 10.2 Å². The predicted octanol–water partition coefficient (Wildman–Crippen LogP) is 6.01. The monoisotopic (exact) mass is 560 g/mol. The van der Waals surface area contributed by atoms with Crippen molar-refractivity contribution < 1.29 is 14.3 Å². The second-order valence-corrected chi connectivity index (χ2v) is 9.99. The fraction of sp³-hybridized carbons (Fsp3) is 0.111. The second-order valence-electron chi connectivity index (χ2n) is 8.12. The summed E-state index contributed by atoms with van der Waals surface area (Å²) in [5, 5.41) is 15.7. The zero-order valence-electron chi connectivity index (χ0n) is 19.5. The van der Waals surface area contributed by atoms with Crippen molar-refractivity contribution in [3.05, 3.63) is 99.0 Å². The first-order valence-electron chi connectivity index (χ1n) is 11.0. The minimum atomic E-state index is -0.478. The van der Waals surface area contributed by atoms with Crippen LogP contribution in [0.1, 0.15) is 22.3 Å². The molecule has 2 heterocycles. The number of aliphatic imine (C=N–C) groups is 1. The third-order valence-corrected chi connectivity index (χ3v) is 7.05. The van der Waals surface area contributed by atoms with Crippen molar-refractivity contribution in [1.82, 2.24) is 5.01 Å². The number of thioether (sulfide) groups is 1. The first-order valence-corrected chi connectivity index (χ1v) is 12.6. The van der Waals surface area contributed by atoms with Crippen LogP contribution in [-0.4, -0.2) is 34.1 Å². The highest BCUT2D eigenvalue weighted by Gasteiger charge is 2.36. The number of ether oxygens (including phenoxy) is 2. The summed E-state index contributed by atoms with van der Waals surface area (Å²) in [6, 6.07) is 21.2. The topological polar surface area (TPSA) is 87.3 Å². The van der Waals surface area contributed by atoms with Crippen LogP contribution >= 0.6 is 27.7 Å². The minimum absolute atomic E-state index is 0.0193. The highest BCUT2D eigenvalue weighted by molar-refractivity contribution is 9.10. The molecule has 36 heavy (non-hydrogen) atoms. The fourth-order valence-electron chi connectivity index (χ4n) is 3.61. The molecule has 5 rings (SSSR count). The number of nitrogens with one attached hydrogen (secondary N) is 1. The van der Waals surface area contributed by atoms with Gasteiger partial charge in [0.2, 0.25) is 5.17 Å². The molecule has 7 nitrogen and oxygen atoms in total. The van der Waals surface area contributed by atoms with Crippen LogP contribution in [0.15, 0.2) is 86.9 Å². The summed E-state index contributed by atoms with van der Waals surface area (Å²) in [4.78, 5) is 17.0. The van der Waals surface area contributed by atoms with Crippen LogP contribution in [0, 0.1) is 12.3 Å². The summed E-state index contributed by atoms with van der Waals surface area (Å²) in [6.07, 6.45) is 1.62. The van der Waals surface area contributed by atoms with Crippen molar-refractivity contribution in [3.63, 3.8) is 0 Å². The molecule has 3 aromatic carbocycles. The Balaban J connectivity index is 1.37. The number of carbonyl (C=O) groups excluding carboxylic acids is 1. The Morgan fingerprint density at radius 2 is 1.81 bits per heavy atom. The molecular formula is C27H21BrN4O3S. The van der Waals surface area contributed by atoms with Crippen molar-refractivity contribution >= 4 is 55.7 Å². The summed E-state index contributed by atoms with van der Waals surface area (Å²) in [5.41, 5.74) is 3.92. The van der Waals surface area contributed by atoms with Gasteiger partial charge in [-0.25, -0.2) is 0 Å². The van der Waals surface area contributed by atoms with Crippen LogP contribution in [0.25, 0.3) is 6.08 Å². The number of nitrogens with zero attached hydrogens (tertiary/aromatic N) is 3. The zero-order chi connectivity index (χ0) is 25.2. The van der Waals surface area contributed by atoms with Gasteiger partial charge in [-0.1, -0.05) is 64.0 Å². The number of amidine groups is 2. The molecule has 3 aromatic rings. The van der Waals surface area contributed by atoms with E-state index in [1.165, 1.54) is 16.8 Å². The lowest BCUT2D eigenvalue weighted by molar-refractivity contribution is -0.114. The Kier molecular flexibility index (Phi) is 6.75. The number of halogens is 1. The van der Waals surface area contributed by atoms with Crippen LogP contribution in [0.5, 0.6) is 11.5 Å². The van der Waals surface area contributed by atoms with Crippen molar-refractivity contribution in [2.24, 2.45) is 10.1 Å². The summed E-state index contributed by atoms with van der Waals surface area (Å²) < 4.78 is 12.5. The Labute approximate surface area is 221 Å². The van der Waals surface area contributed by atoms with Crippen molar-refractivity contribution in [3.8, 4) is 11.5 Å². The van der Waals surface area contributed by atoms with E-state index in [1.807, 2.05) is 61.5 Å². The average Bonchev–Trinajstić information content (AvgIpc) is 3.31. The van der Waals surface area contributed by atoms with Gasteiger partial charge in [0.1, 0.15) is 11.7 Å². The largest absolute Gasteiger partial charge is 0.493 e. The number of rotatable bonds is 6. The number of hydrogen-bond acceptors (Lipinski definition) is 6. The maximum absolute atomic E-state index is 12.8. The Morgan fingerprint density at radius 1 is 1.06 bits per heavy atom. The van der Waals surface area contributed by atoms with Crippen LogP contribution in [0.4, 0.5) is 0 Å². The van der Waals surface area contributed by atoms with Crippen LogP contribution in [-0.2, 0) is 11.4 Å². The maximum atomic E-state index is 12.8. The van der Waals surface area contributed by atoms with Gasteiger partial charge in [0.05, 0.1) is 12.7 Å². The number of amides is 1. The predicted molar refractivity (Wildman–Crippen MR) is 147 cm³/mol. The third-order valence-electron chi connectivity index (χ3n) is 5.56. The molecule has 0 bridgehead atoms. The fourth-order valence-corrected chi connectivity index (χ4v) is 4.77. The Morgan fingerprint density at radius 3 is 2.53 bits per heavy atom. The Hall–Kier alpha value is -3.69. The molecule has 0 atom stereocenters. The molecule has 0 saturated carbocycles. The van der Waals surface area contributed by atoms with Gasteiger partial charge < -0.3 is 9.47 Å². The lowest BCUT2D eigenvalue weighted by Crippen LogP contribution is -2.35. The number of fused-ring (bicyclic) bond motifs is 1. The summed E-state index contributed by atoms with van der Waals surface area (Å²) in [7, 11) is 1.56. The highest BCUT2D eigenvalue weighted by atomic mass is 79.9. The van der Waals surface area contributed by atoms with E-state index in [0.29, 0.717) is 33.9 Å². The molecular weight excluding hydrogens is 540 g/mol. The molecule has 0 unspecified atom stereocenters. The number of methoxy groups -OCH3 is 1. The average molecular weight is 561 g/mol. The molecule has 0 aliphatic carbocycles. The Bertz CT molecular complexity index is 1450. The van der Waals surface area contributed by atoms with Gasteiger partial charge in [-0.15, -0.1) is 0 Å². The first kappa shape index (κ1) is 24.0. The number of benzene rings is 3. The zero-order valence-corrected chi connectivity index (χ0v) is 21.9. The van der Waals surface area contributed by atoms with E-state index in [2.05, 4.69) is 26.0 Å². The number of hydrogen-bond donors (Lipinski definition) is 1. The van der Waals surface area contributed by atoms with Gasteiger partial charge >= 0.3 is 0 Å². The first-order chi connectivity index (χ1) is 17.4. The lowest BCUT2D eigenvalue weighted by Gasteiger charge is -2.20.